The highest BCUT2D eigenvalue weighted by molar-refractivity contribution is 5.25. The van der Waals surface area contributed by atoms with E-state index >= 15 is 0 Å². The first-order valence-electron chi connectivity index (χ1n) is 6.40. The SMILES string of the molecule is CNCc1ccc(F)c(CN2CCC(OC)C2)c1. The molecule has 1 aromatic carbocycles. The number of hydrogen-bond acceptors (Lipinski definition) is 3. The minimum absolute atomic E-state index is 0.115. The fourth-order valence-electron chi connectivity index (χ4n) is 2.44. The third kappa shape index (κ3) is 3.28. The van der Waals surface area contributed by atoms with Crippen molar-refractivity contribution in [2.45, 2.75) is 25.6 Å². The number of methoxy groups -OCH3 is 1. The zero-order chi connectivity index (χ0) is 13.0. The van der Waals surface area contributed by atoms with Gasteiger partial charge in [0.2, 0.25) is 0 Å². The van der Waals surface area contributed by atoms with E-state index in [0.717, 1.165) is 37.2 Å². The molecule has 0 aromatic heterocycles. The van der Waals surface area contributed by atoms with Gasteiger partial charge in [-0.15, -0.1) is 0 Å². The van der Waals surface area contributed by atoms with Crippen molar-refractivity contribution in [1.29, 1.82) is 0 Å². The molecule has 1 atom stereocenters. The molecule has 3 nitrogen and oxygen atoms in total. The molecule has 2 rings (SSSR count). The molecule has 0 radical (unpaired) electrons. The third-order valence-corrected chi connectivity index (χ3v) is 3.45. The van der Waals surface area contributed by atoms with E-state index in [1.807, 2.05) is 19.2 Å². The van der Waals surface area contributed by atoms with Gasteiger partial charge in [0.15, 0.2) is 0 Å². The first-order valence-corrected chi connectivity index (χ1v) is 6.40. The van der Waals surface area contributed by atoms with Gasteiger partial charge in [-0.3, -0.25) is 4.90 Å². The summed E-state index contributed by atoms with van der Waals surface area (Å²) in [6.45, 7) is 3.32. The van der Waals surface area contributed by atoms with Gasteiger partial charge in [-0.2, -0.15) is 0 Å². The van der Waals surface area contributed by atoms with E-state index in [0.29, 0.717) is 12.6 Å². The summed E-state index contributed by atoms with van der Waals surface area (Å²) in [4.78, 5) is 2.25. The molecule has 1 aliphatic heterocycles. The van der Waals surface area contributed by atoms with E-state index in [4.69, 9.17) is 4.74 Å². The van der Waals surface area contributed by atoms with E-state index in [1.165, 1.54) is 0 Å². The molecule has 100 valence electrons. The zero-order valence-electron chi connectivity index (χ0n) is 11.1. The highest BCUT2D eigenvalue weighted by Crippen LogP contribution is 2.18. The Bertz CT molecular complexity index is 397. The van der Waals surface area contributed by atoms with Crippen molar-refractivity contribution in [2.24, 2.45) is 0 Å². The minimum Gasteiger partial charge on any atom is -0.380 e. The van der Waals surface area contributed by atoms with Crippen LogP contribution in [-0.4, -0.2) is 38.3 Å². The first kappa shape index (κ1) is 13.5. The van der Waals surface area contributed by atoms with Crippen LogP contribution in [0.15, 0.2) is 18.2 Å². The summed E-state index contributed by atoms with van der Waals surface area (Å²) in [7, 11) is 3.63. The van der Waals surface area contributed by atoms with Gasteiger partial charge < -0.3 is 10.1 Å². The van der Waals surface area contributed by atoms with E-state index in [2.05, 4.69) is 10.2 Å². The molecule has 1 heterocycles. The Kier molecular flexibility index (Phi) is 4.69. The van der Waals surface area contributed by atoms with Crippen LogP contribution in [0.1, 0.15) is 17.5 Å². The average Bonchev–Trinajstić information content (AvgIpc) is 2.81. The van der Waals surface area contributed by atoms with Crippen LogP contribution in [0.4, 0.5) is 4.39 Å². The lowest BCUT2D eigenvalue weighted by Crippen LogP contribution is -2.23. The monoisotopic (exact) mass is 252 g/mol. The second-order valence-electron chi connectivity index (χ2n) is 4.84. The van der Waals surface area contributed by atoms with E-state index in [9.17, 15) is 4.39 Å². The maximum Gasteiger partial charge on any atom is 0.127 e. The summed E-state index contributed by atoms with van der Waals surface area (Å²) in [5.74, 6) is -0.115. The van der Waals surface area contributed by atoms with Crippen molar-refractivity contribution in [3.8, 4) is 0 Å². The summed E-state index contributed by atoms with van der Waals surface area (Å²) in [5, 5.41) is 3.08. The second kappa shape index (κ2) is 6.27. The fraction of sp³-hybridized carbons (Fsp3) is 0.571. The fourth-order valence-corrected chi connectivity index (χ4v) is 2.44. The maximum absolute atomic E-state index is 13.8. The summed E-state index contributed by atoms with van der Waals surface area (Å²) in [6.07, 6.45) is 1.34. The molecule has 0 amide bonds. The Labute approximate surface area is 108 Å². The molecular weight excluding hydrogens is 231 g/mol. The second-order valence-corrected chi connectivity index (χ2v) is 4.84. The molecule has 1 aliphatic rings. The number of halogens is 1. The van der Waals surface area contributed by atoms with Crippen LogP contribution >= 0.6 is 0 Å². The molecule has 0 bridgehead atoms. The summed E-state index contributed by atoms with van der Waals surface area (Å²) in [5.41, 5.74) is 1.90. The van der Waals surface area contributed by atoms with E-state index in [1.54, 1.807) is 13.2 Å². The van der Waals surface area contributed by atoms with Crippen molar-refractivity contribution >= 4 is 0 Å². The molecule has 1 saturated heterocycles. The van der Waals surface area contributed by atoms with Gasteiger partial charge in [0.1, 0.15) is 5.82 Å². The number of benzene rings is 1. The van der Waals surface area contributed by atoms with Crippen molar-refractivity contribution < 1.29 is 9.13 Å². The van der Waals surface area contributed by atoms with Gasteiger partial charge in [0.25, 0.3) is 0 Å². The van der Waals surface area contributed by atoms with Gasteiger partial charge in [-0.25, -0.2) is 4.39 Å². The van der Waals surface area contributed by atoms with Crippen molar-refractivity contribution in [3.05, 3.63) is 35.1 Å². The molecule has 1 N–H and O–H groups in total. The summed E-state index contributed by atoms with van der Waals surface area (Å²) >= 11 is 0. The predicted octanol–water partition coefficient (Wildman–Crippen LogP) is 1.77. The Hall–Kier alpha value is -0.970. The number of ether oxygens (including phenoxy) is 1. The molecule has 1 unspecified atom stereocenters. The lowest BCUT2D eigenvalue weighted by atomic mass is 10.1. The maximum atomic E-state index is 13.8. The van der Waals surface area contributed by atoms with E-state index in [-0.39, 0.29) is 5.82 Å². The number of nitrogens with one attached hydrogen (secondary N) is 1. The Balaban J connectivity index is 2.02. The van der Waals surface area contributed by atoms with Crippen LogP contribution in [0.25, 0.3) is 0 Å². The highest BCUT2D eigenvalue weighted by Gasteiger charge is 2.22. The molecule has 1 aromatic rings. The van der Waals surface area contributed by atoms with Gasteiger partial charge in [-0.05, 0) is 25.1 Å². The first-order chi connectivity index (χ1) is 8.72. The quantitative estimate of drug-likeness (QED) is 0.864. The average molecular weight is 252 g/mol. The Morgan fingerprint density at radius 2 is 2.33 bits per heavy atom. The number of hydrogen-bond donors (Lipinski definition) is 1. The lowest BCUT2D eigenvalue weighted by Gasteiger charge is -2.16. The lowest BCUT2D eigenvalue weighted by molar-refractivity contribution is 0.107. The third-order valence-electron chi connectivity index (χ3n) is 3.45. The number of likely N-dealkylation sites (tertiary alicyclic amines) is 1. The van der Waals surface area contributed by atoms with Crippen LogP contribution in [0, 0.1) is 5.82 Å². The van der Waals surface area contributed by atoms with Gasteiger partial charge in [-0.1, -0.05) is 12.1 Å². The van der Waals surface area contributed by atoms with Gasteiger partial charge in [0.05, 0.1) is 6.10 Å². The number of nitrogens with zero attached hydrogens (tertiary/aromatic N) is 1. The molecule has 18 heavy (non-hydrogen) atoms. The topological polar surface area (TPSA) is 24.5 Å². The molecule has 0 spiro atoms. The summed E-state index contributed by atoms with van der Waals surface area (Å²) in [6, 6.07) is 5.34. The van der Waals surface area contributed by atoms with Crippen LogP contribution in [0.3, 0.4) is 0 Å². The van der Waals surface area contributed by atoms with Gasteiger partial charge >= 0.3 is 0 Å². The smallest absolute Gasteiger partial charge is 0.127 e. The molecule has 4 heteroatoms. The Morgan fingerprint density at radius 3 is 3.00 bits per heavy atom. The van der Waals surface area contributed by atoms with Crippen molar-refractivity contribution in [3.63, 3.8) is 0 Å². The minimum atomic E-state index is -0.115. The van der Waals surface area contributed by atoms with Crippen molar-refractivity contribution in [2.75, 3.05) is 27.2 Å². The van der Waals surface area contributed by atoms with Crippen LogP contribution in [0.2, 0.25) is 0 Å². The van der Waals surface area contributed by atoms with E-state index < -0.39 is 0 Å². The largest absolute Gasteiger partial charge is 0.380 e. The Morgan fingerprint density at radius 1 is 1.50 bits per heavy atom. The standard InChI is InChI=1S/C14H21FN2O/c1-16-8-11-3-4-14(15)12(7-11)9-17-6-5-13(10-17)18-2/h3-4,7,13,16H,5-6,8-10H2,1-2H3. The molecule has 0 saturated carbocycles. The van der Waals surface area contributed by atoms with Crippen LogP contribution in [0.5, 0.6) is 0 Å². The normalized spacial score (nSPS) is 20.5. The highest BCUT2D eigenvalue weighted by atomic mass is 19.1. The predicted molar refractivity (Wildman–Crippen MR) is 69.9 cm³/mol. The van der Waals surface area contributed by atoms with Crippen LogP contribution < -0.4 is 5.32 Å². The van der Waals surface area contributed by atoms with Crippen molar-refractivity contribution in [1.82, 2.24) is 10.2 Å². The number of rotatable bonds is 5. The molecule has 1 fully saturated rings. The molecular formula is C14H21FN2O. The summed E-state index contributed by atoms with van der Waals surface area (Å²) < 4.78 is 19.1. The zero-order valence-corrected chi connectivity index (χ0v) is 11.1. The molecule has 0 aliphatic carbocycles. The van der Waals surface area contributed by atoms with Gasteiger partial charge in [0, 0.05) is 38.9 Å². The van der Waals surface area contributed by atoms with Crippen LogP contribution in [-0.2, 0) is 17.8 Å².